The van der Waals surface area contributed by atoms with Crippen LogP contribution in [0.4, 0.5) is 0 Å². The summed E-state index contributed by atoms with van der Waals surface area (Å²) < 4.78 is 4.89. The SMILES string of the molecule is CCOC(=O)c1cccc(C=CCC(N)=O)c1. The van der Waals surface area contributed by atoms with E-state index in [1.54, 1.807) is 37.3 Å². The molecule has 0 heterocycles. The Hall–Kier alpha value is -2.10. The highest BCUT2D eigenvalue weighted by Crippen LogP contribution is 2.09. The lowest BCUT2D eigenvalue weighted by molar-refractivity contribution is -0.117. The number of benzene rings is 1. The number of esters is 1. The van der Waals surface area contributed by atoms with Crippen LogP contribution in [0.3, 0.4) is 0 Å². The van der Waals surface area contributed by atoms with Gasteiger partial charge in [-0.15, -0.1) is 0 Å². The molecule has 4 nitrogen and oxygen atoms in total. The predicted octanol–water partition coefficient (Wildman–Crippen LogP) is 1.75. The fourth-order valence-corrected chi connectivity index (χ4v) is 1.29. The Morgan fingerprint density at radius 2 is 2.18 bits per heavy atom. The zero-order valence-electron chi connectivity index (χ0n) is 9.68. The van der Waals surface area contributed by atoms with E-state index in [1.165, 1.54) is 0 Å². The van der Waals surface area contributed by atoms with Crippen LogP contribution in [0, 0.1) is 0 Å². The highest BCUT2D eigenvalue weighted by atomic mass is 16.5. The fourth-order valence-electron chi connectivity index (χ4n) is 1.29. The molecule has 0 saturated heterocycles. The van der Waals surface area contributed by atoms with Crippen LogP contribution in [-0.4, -0.2) is 18.5 Å². The Bertz CT molecular complexity index is 438. The standard InChI is InChI=1S/C13H15NO3/c1-2-17-13(16)11-7-3-5-10(9-11)6-4-8-12(14)15/h3-7,9H,2,8H2,1H3,(H2,14,15). The van der Waals surface area contributed by atoms with E-state index in [9.17, 15) is 9.59 Å². The molecule has 0 fully saturated rings. The summed E-state index contributed by atoms with van der Waals surface area (Å²) in [6.07, 6.45) is 3.59. The van der Waals surface area contributed by atoms with Crippen molar-refractivity contribution in [3.05, 3.63) is 41.5 Å². The summed E-state index contributed by atoms with van der Waals surface area (Å²) in [4.78, 5) is 22.0. The molecule has 90 valence electrons. The quantitative estimate of drug-likeness (QED) is 0.788. The van der Waals surface area contributed by atoms with E-state index < -0.39 is 0 Å². The van der Waals surface area contributed by atoms with Gasteiger partial charge in [0.2, 0.25) is 5.91 Å². The van der Waals surface area contributed by atoms with Gasteiger partial charge >= 0.3 is 5.97 Å². The number of amides is 1. The zero-order valence-corrected chi connectivity index (χ0v) is 9.68. The van der Waals surface area contributed by atoms with Crippen molar-refractivity contribution in [3.8, 4) is 0 Å². The number of carbonyl (C=O) groups excluding carboxylic acids is 2. The lowest BCUT2D eigenvalue weighted by Gasteiger charge is -2.02. The molecule has 0 spiro atoms. The molecule has 0 atom stereocenters. The van der Waals surface area contributed by atoms with E-state index in [0.29, 0.717) is 12.2 Å². The summed E-state index contributed by atoms with van der Waals surface area (Å²) in [5.41, 5.74) is 6.33. The highest BCUT2D eigenvalue weighted by Gasteiger charge is 2.05. The Labute approximate surface area is 100 Å². The number of hydrogen-bond acceptors (Lipinski definition) is 3. The van der Waals surface area contributed by atoms with Gasteiger partial charge in [0.25, 0.3) is 0 Å². The van der Waals surface area contributed by atoms with Crippen molar-refractivity contribution in [2.75, 3.05) is 6.61 Å². The largest absolute Gasteiger partial charge is 0.462 e. The van der Waals surface area contributed by atoms with Crippen LogP contribution in [0.2, 0.25) is 0 Å². The van der Waals surface area contributed by atoms with E-state index in [-0.39, 0.29) is 18.3 Å². The molecule has 0 unspecified atom stereocenters. The Morgan fingerprint density at radius 1 is 1.41 bits per heavy atom. The fraction of sp³-hybridized carbons (Fsp3) is 0.231. The van der Waals surface area contributed by atoms with Gasteiger partial charge in [0.15, 0.2) is 0 Å². The average molecular weight is 233 g/mol. The molecule has 0 aromatic heterocycles. The molecular formula is C13H15NO3. The summed E-state index contributed by atoms with van der Waals surface area (Å²) >= 11 is 0. The van der Waals surface area contributed by atoms with Gasteiger partial charge in [-0.25, -0.2) is 4.79 Å². The molecule has 0 aliphatic carbocycles. The van der Waals surface area contributed by atoms with Gasteiger partial charge in [0.05, 0.1) is 12.2 Å². The minimum Gasteiger partial charge on any atom is -0.462 e. The molecule has 4 heteroatoms. The van der Waals surface area contributed by atoms with Crippen molar-refractivity contribution in [1.29, 1.82) is 0 Å². The maximum Gasteiger partial charge on any atom is 0.338 e. The molecule has 1 aromatic carbocycles. The molecule has 0 aliphatic heterocycles. The monoisotopic (exact) mass is 233 g/mol. The molecule has 2 N–H and O–H groups in total. The molecule has 0 aliphatic rings. The summed E-state index contributed by atoms with van der Waals surface area (Å²) in [5.74, 6) is -0.736. The van der Waals surface area contributed by atoms with Crippen molar-refractivity contribution in [3.63, 3.8) is 0 Å². The first kappa shape index (κ1) is 13.0. The van der Waals surface area contributed by atoms with Crippen molar-refractivity contribution in [2.24, 2.45) is 5.73 Å². The van der Waals surface area contributed by atoms with Gasteiger partial charge in [-0.3, -0.25) is 4.79 Å². The second kappa shape index (κ2) is 6.48. The third-order valence-electron chi connectivity index (χ3n) is 2.03. The third kappa shape index (κ3) is 4.51. The van der Waals surface area contributed by atoms with Crippen molar-refractivity contribution >= 4 is 18.0 Å². The van der Waals surface area contributed by atoms with Gasteiger partial charge in [0.1, 0.15) is 0 Å². The van der Waals surface area contributed by atoms with Gasteiger partial charge in [-0.05, 0) is 24.6 Å². The molecule has 0 radical (unpaired) electrons. The maximum atomic E-state index is 11.5. The van der Waals surface area contributed by atoms with Crippen molar-refractivity contribution in [1.82, 2.24) is 0 Å². The average Bonchev–Trinajstić information content (AvgIpc) is 2.29. The predicted molar refractivity (Wildman–Crippen MR) is 65.2 cm³/mol. The minimum atomic E-state index is -0.386. The van der Waals surface area contributed by atoms with Crippen LogP contribution in [0.5, 0.6) is 0 Å². The van der Waals surface area contributed by atoms with Crippen LogP contribution in [-0.2, 0) is 9.53 Å². The van der Waals surface area contributed by atoms with E-state index in [0.717, 1.165) is 5.56 Å². The number of primary amides is 1. The first-order valence-corrected chi connectivity index (χ1v) is 5.35. The second-order valence-electron chi connectivity index (χ2n) is 3.42. The Morgan fingerprint density at radius 3 is 2.82 bits per heavy atom. The normalized spacial score (nSPS) is 10.4. The maximum absolute atomic E-state index is 11.5. The topological polar surface area (TPSA) is 69.4 Å². The summed E-state index contributed by atoms with van der Waals surface area (Å²) in [6.45, 7) is 2.11. The summed E-state index contributed by atoms with van der Waals surface area (Å²) in [7, 11) is 0. The number of nitrogens with two attached hydrogens (primary N) is 1. The van der Waals surface area contributed by atoms with Gasteiger partial charge in [-0.1, -0.05) is 24.3 Å². The van der Waals surface area contributed by atoms with Crippen molar-refractivity contribution < 1.29 is 14.3 Å². The summed E-state index contributed by atoms with van der Waals surface area (Å²) in [6, 6.07) is 6.98. The summed E-state index contributed by atoms with van der Waals surface area (Å²) in [5, 5.41) is 0. The lowest BCUT2D eigenvalue weighted by Crippen LogP contribution is -2.07. The number of rotatable bonds is 5. The number of hydrogen-bond donors (Lipinski definition) is 1. The van der Waals surface area contributed by atoms with Crippen molar-refractivity contribution in [2.45, 2.75) is 13.3 Å². The smallest absolute Gasteiger partial charge is 0.338 e. The molecule has 1 amide bonds. The third-order valence-corrected chi connectivity index (χ3v) is 2.03. The van der Waals surface area contributed by atoms with Crippen LogP contribution < -0.4 is 5.73 Å². The Balaban J connectivity index is 2.75. The lowest BCUT2D eigenvalue weighted by atomic mass is 10.1. The molecule has 1 aromatic rings. The first-order valence-electron chi connectivity index (χ1n) is 5.35. The first-order chi connectivity index (χ1) is 8.13. The second-order valence-corrected chi connectivity index (χ2v) is 3.42. The Kier molecular flexibility index (Phi) is 4.94. The van der Waals surface area contributed by atoms with E-state index in [2.05, 4.69) is 0 Å². The van der Waals surface area contributed by atoms with Crippen LogP contribution in [0.25, 0.3) is 6.08 Å². The highest BCUT2D eigenvalue weighted by molar-refractivity contribution is 5.90. The van der Waals surface area contributed by atoms with Crippen LogP contribution >= 0.6 is 0 Å². The molecule has 17 heavy (non-hydrogen) atoms. The molecule has 1 rings (SSSR count). The van der Waals surface area contributed by atoms with E-state index >= 15 is 0 Å². The number of ether oxygens (including phenoxy) is 1. The molecule has 0 bridgehead atoms. The van der Waals surface area contributed by atoms with Gasteiger partial charge in [0, 0.05) is 6.42 Å². The molecule has 0 saturated carbocycles. The minimum absolute atomic E-state index is 0.184. The number of carbonyl (C=O) groups is 2. The van der Waals surface area contributed by atoms with Crippen LogP contribution in [0.15, 0.2) is 30.3 Å². The van der Waals surface area contributed by atoms with E-state index in [1.807, 2.05) is 6.07 Å². The van der Waals surface area contributed by atoms with E-state index in [4.69, 9.17) is 10.5 Å². The molecular weight excluding hydrogens is 218 g/mol. The zero-order chi connectivity index (χ0) is 12.7. The van der Waals surface area contributed by atoms with Gasteiger partial charge in [-0.2, -0.15) is 0 Å². The van der Waals surface area contributed by atoms with Crippen LogP contribution in [0.1, 0.15) is 29.3 Å². The van der Waals surface area contributed by atoms with Gasteiger partial charge < -0.3 is 10.5 Å².